The summed E-state index contributed by atoms with van der Waals surface area (Å²) >= 11 is 0. The number of aliphatic imine (C=N–C) groups is 1. The van der Waals surface area contributed by atoms with Gasteiger partial charge in [0, 0.05) is 26.2 Å². The first kappa shape index (κ1) is 21.0. The highest BCUT2D eigenvalue weighted by molar-refractivity contribution is 5.82. The highest BCUT2D eigenvalue weighted by Gasteiger charge is 2.36. The van der Waals surface area contributed by atoms with Gasteiger partial charge >= 0.3 is 5.97 Å². The molecule has 1 aromatic rings. The molecule has 1 aliphatic heterocycles. The number of ether oxygens (including phenoxy) is 2. The van der Waals surface area contributed by atoms with Crippen LogP contribution in [0.5, 0.6) is 5.75 Å². The quantitative estimate of drug-likeness (QED) is 0.326. The van der Waals surface area contributed by atoms with Crippen LogP contribution in [-0.4, -0.2) is 56.7 Å². The molecule has 2 atom stereocenters. The molecule has 0 saturated carbocycles. The molecule has 7 heteroatoms. The average molecular weight is 379 g/mol. The van der Waals surface area contributed by atoms with Crippen molar-refractivity contribution in [1.82, 2.24) is 10.2 Å². The Bertz CT molecular complexity index is 621. The molecule has 150 valence electrons. The number of unbranched alkanes of at least 4 members (excludes halogenated alkanes) is 1. The number of hydrogen-bond acceptors (Lipinski definition) is 4. The van der Waals surface area contributed by atoms with Crippen LogP contribution in [0.15, 0.2) is 29.3 Å². The van der Waals surface area contributed by atoms with Gasteiger partial charge in [-0.25, -0.2) is 4.39 Å². The summed E-state index contributed by atoms with van der Waals surface area (Å²) in [5.74, 6) is 1.23. The van der Waals surface area contributed by atoms with E-state index in [9.17, 15) is 9.18 Å². The summed E-state index contributed by atoms with van der Waals surface area (Å²) in [5, 5.41) is 3.30. The lowest BCUT2D eigenvalue weighted by molar-refractivity contribution is -0.145. The number of likely N-dealkylation sites (tertiary alicyclic amines) is 1. The summed E-state index contributed by atoms with van der Waals surface area (Å²) in [6, 6.07) is 6.04. The van der Waals surface area contributed by atoms with E-state index in [1.807, 2.05) is 6.92 Å². The fourth-order valence-electron chi connectivity index (χ4n) is 3.14. The minimum Gasteiger partial charge on any atom is -0.494 e. The van der Waals surface area contributed by atoms with Gasteiger partial charge < -0.3 is 19.7 Å². The van der Waals surface area contributed by atoms with Crippen molar-refractivity contribution < 1.29 is 18.7 Å². The molecule has 2 unspecified atom stereocenters. The third-order valence-electron chi connectivity index (χ3n) is 4.65. The number of hydrogen-bond donors (Lipinski definition) is 1. The van der Waals surface area contributed by atoms with Gasteiger partial charge in [-0.05, 0) is 49.9 Å². The van der Waals surface area contributed by atoms with Crippen molar-refractivity contribution in [2.75, 3.05) is 39.9 Å². The highest BCUT2D eigenvalue weighted by atomic mass is 19.1. The van der Waals surface area contributed by atoms with Crippen molar-refractivity contribution in [2.24, 2.45) is 16.8 Å². The zero-order valence-electron chi connectivity index (χ0n) is 16.4. The molecule has 1 aromatic carbocycles. The SMILES string of the molecule is CCNC(=NCCCCOc1ccc(F)cc1)N1CC(C)C(C(=O)OC)C1. The minimum atomic E-state index is -0.265. The van der Waals surface area contributed by atoms with Gasteiger partial charge in [-0.15, -0.1) is 0 Å². The van der Waals surface area contributed by atoms with Crippen LogP contribution in [0.1, 0.15) is 26.7 Å². The molecule has 0 bridgehead atoms. The molecule has 0 amide bonds. The monoisotopic (exact) mass is 379 g/mol. The molecule has 0 radical (unpaired) electrons. The number of halogens is 1. The van der Waals surface area contributed by atoms with Gasteiger partial charge in [0.1, 0.15) is 11.6 Å². The largest absolute Gasteiger partial charge is 0.494 e. The van der Waals surface area contributed by atoms with Crippen LogP contribution in [0, 0.1) is 17.7 Å². The number of nitrogens with zero attached hydrogens (tertiary/aromatic N) is 2. The molecule has 2 rings (SSSR count). The number of carbonyl (C=O) groups is 1. The first-order chi connectivity index (χ1) is 13.0. The standard InChI is InChI=1S/C20H30FN3O3/c1-4-22-20(24-13-15(2)18(14-24)19(25)26-3)23-11-5-6-12-27-17-9-7-16(21)8-10-17/h7-10,15,18H,4-6,11-14H2,1-3H3,(H,22,23). The highest BCUT2D eigenvalue weighted by Crippen LogP contribution is 2.24. The molecule has 0 aliphatic carbocycles. The van der Waals surface area contributed by atoms with Crippen molar-refractivity contribution in [1.29, 1.82) is 0 Å². The summed E-state index contributed by atoms with van der Waals surface area (Å²) in [5.41, 5.74) is 0. The molecular formula is C20H30FN3O3. The van der Waals surface area contributed by atoms with Gasteiger partial charge in [-0.3, -0.25) is 9.79 Å². The van der Waals surface area contributed by atoms with Gasteiger partial charge in [-0.2, -0.15) is 0 Å². The van der Waals surface area contributed by atoms with Crippen LogP contribution in [0.2, 0.25) is 0 Å². The topological polar surface area (TPSA) is 63.2 Å². The lowest BCUT2D eigenvalue weighted by Crippen LogP contribution is -2.40. The Hall–Kier alpha value is -2.31. The predicted octanol–water partition coefficient (Wildman–Crippen LogP) is 2.69. The first-order valence-electron chi connectivity index (χ1n) is 9.54. The second kappa shape index (κ2) is 10.7. The molecule has 1 heterocycles. The Morgan fingerprint density at radius 2 is 2.04 bits per heavy atom. The molecule has 1 aliphatic rings. The van der Waals surface area contributed by atoms with E-state index >= 15 is 0 Å². The maximum Gasteiger partial charge on any atom is 0.310 e. The van der Waals surface area contributed by atoms with E-state index in [2.05, 4.69) is 22.1 Å². The fraction of sp³-hybridized carbons (Fsp3) is 0.600. The van der Waals surface area contributed by atoms with Gasteiger partial charge in [0.15, 0.2) is 5.96 Å². The molecule has 0 aromatic heterocycles. The molecule has 1 N–H and O–H groups in total. The molecule has 0 spiro atoms. The summed E-state index contributed by atoms with van der Waals surface area (Å²) in [6.45, 7) is 7.56. The van der Waals surface area contributed by atoms with Crippen LogP contribution in [0.4, 0.5) is 4.39 Å². The maximum absolute atomic E-state index is 12.8. The summed E-state index contributed by atoms with van der Waals surface area (Å²) in [4.78, 5) is 18.7. The number of carbonyl (C=O) groups excluding carboxylic acids is 1. The molecule has 6 nitrogen and oxygen atoms in total. The van der Waals surface area contributed by atoms with Gasteiger partial charge in [0.2, 0.25) is 0 Å². The van der Waals surface area contributed by atoms with E-state index in [1.165, 1.54) is 19.2 Å². The molecule has 1 saturated heterocycles. The molecular weight excluding hydrogens is 349 g/mol. The summed E-state index contributed by atoms with van der Waals surface area (Å²) < 4.78 is 23.3. The van der Waals surface area contributed by atoms with E-state index in [0.717, 1.165) is 31.9 Å². The normalized spacial score (nSPS) is 19.9. The number of rotatable bonds is 8. The number of guanidine groups is 1. The Labute approximate surface area is 160 Å². The molecule has 1 fully saturated rings. The van der Waals surface area contributed by atoms with E-state index in [-0.39, 0.29) is 23.6 Å². The predicted molar refractivity (Wildman–Crippen MR) is 103 cm³/mol. The second-order valence-electron chi connectivity index (χ2n) is 6.76. The van der Waals surface area contributed by atoms with Crippen molar-refractivity contribution in [3.63, 3.8) is 0 Å². The number of esters is 1. The van der Waals surface area contributed by atoms with Gasteiger partial charge in [0.05, 0.1) is 19.6 Å². The van der Waals surface area contributed by atoms with E-state index < -0.39 is 0 Å². The lowest BCUT2D eigenvalue weighted by atomic mass is 9.99. The van der Waals surface area contributed by atoms with Crippen molar-refractivity contribution in [3.8, 4) is 5.75 Å². The van der Waals surface area contributed by atoms with E-state index in [4.69, 9.17) is 9.47 Å². The summed E-state index contributed by atoms with van der Waals surface area (Å²) in [6.07, 6.45) is 1.75. The fourth-order valence-corrected chi connectivity index (χ4v) is 3.14. The van der Waals surface area contributed by atoms with Crippen LogP contribution in [0.3, 0.4) is 0 Å². The Kier molecular flexibility index (Phi) is 8.36. The minimum absolute atomic E-state index is 0.108. The lowest BCUT2D eigenvalue weighted by Gasteiger charge is -2.21. The number of methoxy groups -OCH3 is 1. The molecule has 27 heavy (non-hydrogen) atoms. The van der Waals surface area contributed by atoms with Crippen LogP contribution >= 0.6 is 0 Å². The maximum atomic E-state index is 12.8. The second-order valence-corrected chi connectivity index (χ2v) is 6.76. The van der Waals surface area contributed by atoms with Crippen molar-refractivity contribution in [2.45, 2.75) is 26.7 Å². The van der Waals surface area contributed by atoms with Crippen molar-refractivity contribution in [3.05, 3.63) is 30.1 Å². The number of nitrogens with one attached hydrogen (secondary N) is 1. The Morgan fingerprint density at radius 1 is 1.30 bits per heavy atom. The average Bonchev–Trinajstić information content (AvgIpc) is 3.06. The van der Waals surface area contributed by atoms with Crippen LogP contribution < -0.4 is 10.1 Å². The van der Waals surface area contributed by atoms with E-state index in [0.29, 0.717) is 25.4 Å². The Balaban J connectivity index is 1.76. The van der Waals surface area contributed by atoms with Crippen molar-refractivity contribution >= 4 is 11.9 Å². The van der Waals surface area contributed by atoms with Crippen LogP contribution in [0.25, 0.3) is 0 Å². The third-order valence-corrected chi connectivity index (χ3v) is 4.65. The van der Waals surface area contributed by atoms with Gasteiger partial charge in [0.25, 0.3) is 0 Å². The Morgan fingerprint density at radius 3 is 2.70 bits per heavy atom. The van der Waals surface area contributed by atoms with E-state index in [1.54, 1.807) is 12.1 Å². The number of benzene rings is 1. The van der Waals surface area contributed by atoms with Gasteiger partial charge in [-0.1, -0.05) is 6.92 Å². The smallest absolute Gasteiger partial charge is 0.310 e. The first-order valence-corrected chi connectivity index (χ1v) is 9.54. The zero-order valence-corrected chi connectivity index (χ0v) is 16.4. The third kappa shape index (κ3) is 6.41. The van der Waals surface area contributed by atoms with Crippen LogP contribution in [-0.2, 0) is 9.53 Å². The zero-order chi connectivity index (χ0) is 19.6. The summed E-state index contributed by atoms with van der Waals surface area (Å²) in [7, 11) is 1.44.